The normalized spacial score (nSPS) is 16.5. The van der Waals surface area contributed by atoms with Crippen LogP contribution >= 0.6 is 11.9 Å². The van der Waals surface area contributed by atoms with E-state index in [1.54, 1.807) is 18.0 Å². The van der Waals surface area contributed by atoms with Gasteiger partial charge < -0.3 is 19.3 Å². The Morgan fingerprint density at radius 3 is 2.09 bits per heavy atom. The molecule has 2 N–H and O–H groups in total. The zero-order valence-corrected chi connectivity index (χ0v) is 20.5. The highest BCUT2D eigenvalue weighted by Crippen LogP contribution is 2.36. The van der Waals surface area contributed by atoms with Crippen molar-refractivity contribution in [2.45, 2.75) is 50.7 Å². The lowest BCUT2D eigenvalue weighted by Crippen LogP contribution is -2.41. The maximum absolute atomic E-state index is 12.8. The van der Waals surface area contributed by atoms with Crippen molar-refractivity contribution < 1.29 is 14.1 Å². The maximum Gasteiger partial charge on any atom is 0.494 e. The molecule has 4 rings (SSSR count). The highest BCUT2D eigenvalue weighted by Gasteiger charge is 2.51. The third-order valence-electron chi connectivity index (χ3n) is 6.12. The lowest BCUT2D eigenvalue weighted by atomic mass is 9.78. The molecule has 33 heavy (non-hydrogen) atoms. The van der Waals surface area contributed by atoms with Crippen LogP contribution in [0.2, 0.25) is 0 Å². The number of anilines is 2. The first kappa shape index (κ1) is 23.4. The van der Waals surface area contributed by atoms with E-state index in [1.807, 2.05) is 70.2 Å². The van der Waals surface area contributed by atoms with Gasteiger partial charge in [-0.2, -0.15) is 0 Å². The Morgan fingerprint density at radius 1 is 0.848 bits per heavy atom. The monoisotopic (exact) mass is 460 g/mol. The number of benzene rings is 3. The number of carbonyl (C=O) groups excluding carboxylic acids is 1. The van der Waals surface area contributed by atoms with Gasteiger partial charge in [-0.1, -0.05) is 29.8 Å². The van der Waals surface area contributed by atoms with Crippen molar-refractivity contribution >= 4 is 41.8 Å². The fourth-order valence-electron chi connectivity index (χ4n) is 3.35. The fourth-order valence-corrected chi connectivity index (χ4v) is 4.00. The van der Waals surface area contributed by atoms with Gasteiger partial charge in [0.2, 0.25) is 0 Å². The quantitative estimate of drug-likeness (QED) is 0.367. The number of carbonyl (C=O) groups is 1. The Labute approximate surface area is 200 Å². The topological polar surface area (TPSA) is 59.6 Å². The minimum atomic E-state index is -0.501. The molecule has 0 spiro atoms. The molecular formula is C26H29BN2O3S. The summed E-state index contributed by atoms with van der Waals surface area (Å²) < 4.78 is 15.5. The van der Waals surface area contributed by atoms with E-state index in [4.69, 9.17) is 9.31 Å². The van der Waals surface area contributed by atoms with Gasteiger partial charge in [0.05, 0.1) is 11.2 Å². The molecule has 7 heteroatoms. The summed E-state index contributed by atoms with van der Waals surface area (Å²) in [5.41, 5.74) is 3.45. The zero-order valence-electron chi connectivity index (χ0n) is 19.6. The molecular weight excluding hydrogens is 431 g/mol. The SMILES string of the molecule is Cc1ccc(SNc2ccc(NC(=O)c3cccc(B4OC(C)(C)C(C)(C)O4)c3)cc2)cc1. The highest BCUT2D eigenvalue weighted by atomic mass is 32.2. The van der Waals surface area contributed by atoms with Crippen LogP contribution in [0.25, 0.3) is 0 Å². The first-order valence-corrected chi connectivity index (χ1v) is 11.8. The van der Waals surface area contributed by atoms with Crippen LogP contribution in [0.3, 0.4) is 0 Å². The van der Waals surface area contributed by atoms with E-state index in [1.165, 1.54) is 5.56 Å². The van der Waals surface area contributed by atoms with Crippen molar-refractivity contribution in [2.24, 2.45) is 0 Å². The number of nitrogens with one attached hydrogen (secondary N) is 2. The van der Waals surface area contributed by atoms with Crippen molar-refractivity contribution in [1.82, 2.24) is 0 Å². The molecule has 3 aromatic rings. The Kier molecular flexibility index (Phi) is 6.57. The number of hydrogen-bond acceptors (Lipinski definition) is 5. The molecule has 1 amide bonds. The average molecular weight is 460 g/mol. The van der Waals surface area contributed by atoms with Gasteiger partial charge in [0.1, 0.15) is 0 Å². The van der Waals surface area contributed by atoms with Crippen molar-refractivity contribution in [3.8, 4) is 0 Å². The second-order valence-corrected chi connectivity index (χ2v) is 10.1. The van der Waals surface area contributed by atoms with E-state index < -0.39 is 18.3 Å². The minimum Gasteiger partial charge on any atom is -0.399 e. The summed E-state index contributed by atoms with van der Waals surface area (Å²) >= 11 is 1.55. The maximum atomic E-state index is 12.8. The second-order valence-electron chi connectivity index (χ2n) is 9.26. The number of rotatable bonds is 6. The summed E-state index contributed by atoms with van der Waals surface area (Å²) in [6, 6.07) is 23.4. The standard InChI is InChI=1S/C26H29BN2O3S/c1-18-9-15-23(16-10-18)33-29-22-13-11-21(12-14-22)28-24(30)19-7-6-8-20(17-19)27-31-25(2,3)26(4,5)32-27/h6-17,29H,1-5H3,(H,28,30). The summed E-state index contributed by atoms with van der Waals surface area (Å²) in [4.78, 5) is 14.0. The van der Waals surface area contributed by atoms with Crippen molar-refractivity contribution in [2.75, 3.05) is 10.0 Å². The number of amides is 1. The Balaban J connectivity index is 1.37. The molecule has 0 bridgehead atoms. The molecule has 1 fully saturated rings. The van der Waals surface area contributed by atoms with Crippen LogP contribution in [-0.2, 0) is 9.31 Å². The van der Waals surface area contributed by atoms with Crippen LogP contribution in [0.1, 0.15) is 43.6 Å². The van der Waals surface area contributed by atoms with Crippen LogP contribution in [0.15, 0.2) is 77.7 Å². The van der Waals surface area contributed by atoms with Gasteiger partial charge in [0.25, 0.3) is 5.91 Å². The molecule has 0 aromatic heterocycles. The third-order valence-corrected chi connectivity index (χ3v) is 6.97. The molecule has 0 unspecified atom stereocenters. The van der Waals surface area contributed by atoms with Crippen molar-refractivity contribution in [3.05, 3.63) is 83.9 Å². The molecule has 1 heterocycles. The first-order valence-electron chi connectivity index (χ1n) is 11.0. The van der Waals surface area contributed by atoms with E-state index in [0.717, 1.165) is 21.7 Å². The van der Waals surface area contributed by atoms with Gasteiger partial charge >= 0.3 is 7.12 Å². The predicted octanol–water partition coefficient (Wildman–Crippen LogP) is 5.67. The first-order chi connectivity index (χ1) is 15.6. The second kappa shape index (κ2) is 9.25. The van der Waals surface area contributed by atoms with Crippen LogP contribution in [-0.4, -0.2) is 24.2 Å². The molecule has 1 saturated heterocycles. The van der Waals surface area contributed by atoms with Gasteiger partial charge in [-0.05, 0) is 101 Å². The Bertz CT molecular complexity index is 1120. The lowest BCUT2D eigenvalue weighted by molar-refractivity contribution is 0.00578. The van der Waals surface area contributed by atoms with E-state index in [2.05, 4.69) is 41.2 Å². The fraction of sp³-hybridized carbons (Fsp3) is 0.269. The number of hydrogen-bond donors (Lipinski definition) is 2. The third kappa shape index (κ3) is 5.44. The van der Waals surface area contributed by atoms with Crippen LogP contribution in [0, 0.1) is 6.92 Å². The molecule has 1 aliphatic rings. The van der Waals surface area contributed by atoms with E-state index in [0.29, 0.717) is 5.56 Å². The molecule has 0 radical (unpaired) electrons. The van der Waals surface area contributed by atoms with Crippen LogP contribution in [0.4, 0.5) is 11.4 Å². The molecule has 5 nitrogen and oxygen atoms in total. The molecule has 0 atom stereocenters. The summed E-state index contributed by atoms with van der Waals surface area (Å²) in [6.07, 6.45) is 0. The highest BCUT2D eigenvalue weighted by molar-refractivity contribution is 8.00. The largest absolute Gasteiger partial charge is 0.494 e. The predicted molar refractivity (Wildman–Crippen MR) is 137 cm³/mol. The van der Waals surface area contributed by atoms with Crippen LogP contribution in [0.5, 0.6) is 0 Å². The molecule has 0 aliphatic carbocycles. The molecule has 0 saturated carbocycles. The zero-order chi connectivity index (χ0) is 23.6. The van der Waals surface area contributed by atoms with E-state index in [9.17, 15) is 4.79 Å². The van der Waals surface area contributed by atoms with Gasteiger partial charge in [-0.25, -0.2) is 0 Å². The summed E-state index contributed by atoms with van der Waals surface area (Å²) in [6.45, 7) is 10.1. The van der Waals surface area contributed by atoms with Crippen molar-refractivity contribution in [1.29, 1.82) is 0 Å². The Hall–Kier alpha value is -2.74. The van der Waals surface area contributed by atoms with Gasteiger partial charge in [0.15, 0.2) is 0 Å². The lowest BCUT2D eigenvalue weighted by Gasteiger charge is -2.32. The average Bonchev–Trinajstić information content (AvgIpc) is 3.01. The van der Waals surface area contributed by atoms with Crippen LogP contribution < -0.4 is 15.5 Å². The smallest absolute Gasteiger partial charge is 0.399 e. The van der Waals surface area contributed by atoms with Crippen molar-refractivity contribution in [3.63, 3.8) is 0 Å². The number of aryl methyl sites for hydroxylation is 1. The molecule has 170 valence electrons. The summed E-state index contributed by atoms with van der Waals surface area (Å²) in [5, 5.41) is 2.96. The van der Waals surface area contributed by atoms with E-state index >= 15 is 0 Å². The minimum absolute atomic E-state index is 0.178. The van der Waals surface area contributed by atoms with Gasteiger partial charge in [-0.3, -0.25) is 4.79 Å². The Morgan fingerprint density at radius 2 is 1.45 bits per heavy atom. The summed E-state index contributed by atoms with van der Waals surface area (Å²) in [7, 11) is -0.501. The van der Waals surface area contributed by atoms with E-state index in [-0.39, 0.29) is 5.91 Å². The van der Waals surface area contributed by atoms with Gasteiger partial charge in [-0.15, -0.1) is 0 Å². The van der Waals surface area contributed by atoms with Gasteiger partial charge in [0, 0.05) is 21.8 Å². The molecule has 3 aromatic carbocycles. The molecule has 1 aliphatic heterocycles. The summed E-state index contributed by atoms with van der Waals surface area (Å²) in [5.74, 6) is -0.178.